The van der Waals surface area contributed by atoms with Crippen LogP contribution in [0.1, 0.15) is 38.2 Å². The fraction of sp³-hybridized carbons (Fsp3) is 0.571. The Morgan fingerprint density at radius 2 is 1.95 bits per heavy atom. The lowest BCUT2D eigenvalue weighted by molar-refractivity contribution is 0.332. The van der Waals surface area contributed by atoms with Gasteiger partial charge in [0, 0.05) is 12.6 Å². The third-order valence-corrected chi connectivity index (χ3v) is 5.86. The van der Waals surface area contributed by atoms with Gasteiger partial charge in [-0.1, -0.05) is 24.6 Å². The van der Waals surface area contributed by atoms with Crippen molar-refractivity contribution in [2.75, 3.05) is 0 Å². The van der Waals surface area contributed by atoms with Crippen LogP contribution < -0.4 is 10.5 Å². The normalized spacial score (nSPS) is 23.8. The topological polar surface area (TPSA) is 72.2 Å². The maximum Gasteiger partial charge on any atom is 0.242 e. The van der Waals surface area contributed by atoms with E-state index in [1.54, 1.807) is 18.2 Å². The van der Waals surface area contributed by atoms with Gasteiger partial charge in [0.1, 0.15) is 4.90 Å². The number of rotatable bonds is 4. The van der Waals surface area contributed by atoms with Crippen LogP contribution in [0.4, 0.5) is 0 Å². The average molecular weight is 317 g/mol. The molecule has 4 nitrogen and oxygen atoms in total. The monoisotopic (exact) mass is 316 g/mol. The molecule has 1 fully saturated rings. The molecule has 0 spiro atoms. The van der Waals surface area contributed by atoms with E-state index in [0.717, 1.165) is 31.2 Å². The van der Waals surface area contributed by atoms with Crippen LogP contribution in [0.5, 0.6) is 0 Å². The first-order valence-electron chi connectivity index (χ1n) is 6.93. The number of sulfonamides is 1. The van der Waals surface area contributed by atoms with Crippen molar-refractivity contribution in [2.24, 2.45) is 11.7 Å². The maximum atomic E-state index is 12.4. The van der Waals surface area contributed by atoms with E-state index in [1.807, 2.05) is 0 Å². The molecule has 0 heterocycles. The number of hydrogen-bond donors (Lipinski definition) is 2. The number of benzene rings is 1. The number of nitrogens with one attached hydrogen (secondary N) is 1. The molecule has 1 aliphatic carbocycles. The number of halogens is 1. The van der Waals surface area contributed by atoms with Gasteiger partial charge in [0.15, 0.2) is 0 Å². The van der Waals surface area contributed by atoms with Crippen LogP contribution in [-0.4, -0.2) is 14.5 Å². The molecule has 0 aliphatic heterocycles. The zero-order valence-electron chi connectivity index (χ0n) is 11.6. The molecular formula is C14H21ClN2O2S. The van der Waals surface area contributed by atoms with Crippen molar-refractivity contribution in [3.8, 4) is 0 Å². The van der Waals surface area contributed by atoms with E-state index in [2.05, 4.69) is 11.6 Å². The molecule has 1 aromatic carbocycles. The highest BCUT2D eigenvalue weighted by Crippen LogP contribution is 2.27. The molecule has 20 heavy (non-hydrogen) atoms. The van der Waals surface area contributed by atoms with E-state index in [0.29, 0.717) is 12.5 Å². The Morgan fingerprint density at radius 1 is 1.30 bits per heavy atom. The van der Waals surface area contributed by atoms with Crippen LogP contribution in [-0.2, 0) is 16.6 Å². The molecule has 0 radical (unpaired) electrons. The molecule has 6 heteroatoms. The van der Waals surface area contributed by atoms with Gasteiger partial charge in [0.05, 0.1) is 5.02 Å². The second-order valence-electron chi connectivity index (χ2n) is 5.55. The van der Waals surface area contributed by atoms with Crippen molar-refractivity contribution in [1.29, 1.82) is 0 Å². The first-order valence-corrected chi connectivity index (χ1v) is 8.79. The summed E-state index contributed by atoms with van der Waals surface area (Å²) >= 11 is 6.02. The fourth-order valence-electron chi connectivity index (χ4n) is 2.54. The minimum absolute atomic E-state index is 0.00815. The van der Waals surface area contributed by atoms with Gasteiger partial charge < -0.3 is 5.73 Å². The van der Waals surface area contributed by atoms with E-state index in [1.165, 1.54) is 0 Å². The summed E-state index contributed by atoms with van der Waals surface area (Å²) in [7, 11) is -3.58. The Labute approximate surface area is 125 Å². The number of nitrogens with two attached hydrogens (primary N) is 1. The third-order valence-electron chi connectivity index (χ3n) is 3.86. The van der Waals surface area contributed by atoms with Crippen molar-refractivity contribution in [1.82, 2.24) is 4.72 Å². The van der Waals surface area contributed by atoms with Gasteiger partial charge in [-0.3, -0.25) is 0 Å². The van der Waals surface area contributed by atoms with Crippen LogP contribution in [0.15, 0.2) is 23.1 Å². The van der Waals surface area contributed by atoms with Crippen LogP contribution in [0.25, 0.3) is 0 Å². The van der Waals surface area contributed by atoms with Crippen LogP contribution >= 0.6 is 11.6 Å². The molecule has 0 bridgehead atoms. The molecule has 112 valence electrons. The number of hydrogen-bond acceptors (Lipinski definition) is 3. The van der Waals surface area contributed by atoms with E-state index >= 15 is 0 Å². The van der Waals surface area contributed by atoms with Crippen LogP contribution in [0.2, 0.25) is 5.02 Å². The van der Waals surface area contributed by atoms with E-state index in [-0.39, 0.29) is 16.0 Å². The zero-order chi connectivity index (χ0) is 14.8. The maximum absolute atomic E-state index is 12.4. The summed E-state index contributed by atoms with van der Waals surface area (Å²) < 4.78 is 27.6. The minimum Gasteiger partial charge on any atom is -0.326 e. The molecule has 0 saturated heterocycles. The standard InChI is InChI=1S/C14H21ClN2O2S/c1-10-2-5-12(6-3-10)17-20(18,19)14-8-11(9-16)4-7-13(14)15/h4,7-8,10,12,17H,2-3,5-6,9,16H2,1H3. The molecule has 0 aromatic heterocycles. The van der Waals surface area contributed by atoms with Gasteiger partial charge in [-0.2, -0.15) is 0 Å². The Hall–Kier alpha value is -0.620. The first-order chi connectivity index (χ1) is 9.42. The highest BCUT2D eigenvalue weighted by molar-refractivity contribution is 7.89. The lowest BCUT2D eigenvalue weighted by atomic mass is 9.88. The predicted molar refractivity (Wildman–Crippen MR) is 81.1 cm³/mol. The largest absolute Gasteiger partial charge is 0.326 e. The smallest absolute Gasteiger partial charge is 0.242 e. The Morgan fingerprint density at radius 3 is 2.55 bits per heavy atom. The third kappa shape index (κ3) is 3.73. The SMILES string of the molecule is CC1CCC(NS(=O)(=O)c2cc(CN)ccc2Cl)CC1. The molecule has 1 aromatic rings. The second-order valence-corrected chi connectivity index (χ2v) is 7.64. The van der Waals surface area contributed by atoms with Crippen LogP contribution in [0, 0.1) is 5.92 Å². The molecule has 0 atom stereocenters. The molecule has 2 rings (SSSR count). The van der Waals surface area contributed by atoms with Gasteiger partial charge in [-0.15, -0.1) is 0 Å². The lowest BCUT2D eigenvalue weighted by Gasteiger charge is -2.26. The predicted octanol–water partition coefficient (Wildman–Crippen LogP) is 2.66. The summed E-state index contributed by atoms with van der Waals surface area (Å²) in [5, 5.41) is 0.235. The van der Waals surface area contributed by atoms with Gasteiger partial charge in [0.2, 0.25) is 10.0 Å². The van der Waals surface area contributed by atoms with E-state index in [4.69, 9.17) is 17.3 Å². The van der Waals surface area contributed by atoms with Crippen molar-refractivity contribution in [2.45, 2.75) is 50.1 Å². The zero-order valence-corrected chi connectivity index (χ0v) is 13.2. The quantitative estimate of drug-likeness (QED) is 0.897. The van der Waals surface area contributed by atoms with Gasteiger partial charge in [0.25, 0.3) is 0 Å². The van der Waals surface area contributed by atoms with Crippen LogP contribution in [0.3, 0.4) is 0 Å². The van der Waals surface area contributed by atoms with Crippen molar-refractivity contribution in [3.05, 3.63) is 28.8 Å². The lowest BCUT2D eigenvalue weighted by Crippen LogP contribution is -2.37. The van der Waals surface area contributed by atoms with Gasteiger partial charge in [-0.05, 0) is 49.3 Å². The minimum atomic E-state index is -3.58. The Bertz CT molecular complexity index is 567. The van der Waals surface area contributed by atoms with Crippen molar-refractivity contribution >= 4 is 21.6 Å². The highest BCUT2D eigenvalue weighted by atomic mass is 35.5. The molecule has 3 N–H and O–H groups in total. The molecule has 0 unspecified atom stereocenters. The second kappa shape index (κ2) is 6.43. The average Bonchev–Trinajstić information content (AvgIpc) is 2.41. The van der Waals surface area contributed by atoms with Gasteiger partial charge in [-0.25, -0.2) is 13.1 Å². The molecule has 0 amide bonds. The summed E-state index contributed by atoms with van der Waals surface area (Å²) in [5.41, 5.74) is 6.31. The molecular weight excluding hydrogens is 296 g/mol. The summed E-state index contributed by atoms with van der Waals surface area (Å²) in [4.78, 5) is 0.126. The highest BCUT2D eigenvalue weighted by Gasteiger charge is 2.25. The summed E-state index contributed by atoms with van der Waals surface area (Å²) in [6, 6.07) is 4.88. The molecule has 1 aliphatic rings. The molecule has 1 saturated carbocycles. The van der Waals surface area contributed by atoms with Gasteiger partial charge >= 0.3 is 0 Å². The van der Waals surface area contributed by atoms with Crippen molar-refractivity contribution < 1.29 is 8.42 Å². The summed E-state index contributed by atoms with van der Waals surface area (Å²) in [6.07, 6.45) is 3.89. The van der Waals surface area contributed by atoms with E-state index < -0.39 is 10.0 Å². The first kappa shape index (κ1) is 15.8. The Kier molecular flexibility index (Phi) is 5.07. The summed E-state index contributed by atoms with van der Waals surface area (Å²) in [5.74, 6) is 0.680. The van der Waals surface area contributed by atoms with Crippen molar-refractivity contribution in [3.63, 3.8) is 0 Å². The Balaban J connectivity index is 2.18. The fourth-order valence-corrected chi connectivity index (χ4v) is 4.40. The summed E-state index contributed by atoms with van der Waals surface area (Å²) in [6.45, 7) is 2.49. The van der Waals surface area contributed by atoms with E-state index in [9.17, 15) is 8.42 Å².